The van der Waals surface area contributed by atoms with E-state index in [1.54, 1.807) is 17.1 Å². The Hall–Kier alpha value is -1.43. The van der Waals surface area contributed by atoms with E-state index in [0.29, 0.717) is 19.5 Å². The number of carbonyl (C=O) groups excluding carboxylic acids is 1. The third kappa shape index (κ3) is 4.39. The first-order chi connectivity index (χ1) is 7.76. The second kappa shape index (κ2) is 6.95. The van der Waals surface area contributed by atoms with Gasteiger partial charge in [0.2, 0.25) is 5.91 Å². The van der Waals surface area contributed by atoms with E-state index < -0.39 is 0 Å². The standard InChI is InChI=1S/C10H19N5O/c1-2-3-9(8-11)13-10(16)4-6-15-7-5-12-14-15/h5,7,9H,2-4,6,8,11H2,1H3,(H,13,16). The van der Waals surface area contributed by atoms with E-state index in [4.69, 9.17) is 5.73 Å². The van der Waals surface area contributed by atoms with Gasteiger partial charge < -0.3 is 11.1 Å². The van der Waals surface area contributed by atoms with Crippen molar-refractivity contribution in [1.82, 2.24) is 20.3 Å². The van der Waals surface area contributed by atoms with Gasteiger partial charge in [0, 0.05) is 25.2 Å². The zero-order valence-corrected chi connectivity index (χ0v) is 9.59. The maximum Gasteiger partial charge on any atom is 0.222 e. The van der Waals surface area contributed by atoms with Crippen LogP contribution in [0.4, 0.5) is 0 Å². The van der Waals surface area contributed by atoms with E-state index in [1.807, 2.05) is 0 Å². The highest BCUT2D eigenvalue weighted by Crippen LogP contribution is 1.96. The first-order valence-corrected chi connectivity index (χ1v) is 5.59. The van der Waals surface area contributed by atoms with Gasteiger partial charge in [0.1, 0.15) is 0 Å². The predicted molar refractivity (Wildman–Crippen MR) is 60.5 cm³/mol. The van der Waals surface area contributed by atoms with Crippen LogP contribution < -0.4 is 11.1 Å². The number of amides is 1. The molecule has 0 radical (unpaired) electrons. The zero-order valence-electron chi connectivity index (χ0n) is 9.59. The Morgan fingerprint density at radius 3 is 3.00 bits per heavy atom. The van der Waals surface area contributed by atoms with Crippen LogP contribution in [0.2, 0.25) is 0 Å². The fraction of sp³-hybridized carbons (Fsp3) is 0.700. The van der Waals surface area contributed by atoms with Gasteiger partial charge in [0.25, 0.3) is 0 Å². The molecule has 1 heterocycles. The van der Waals surface area contributed by atoms with Crippen LogP contribution in [-0.4, -0.2) is 33.5 Å². The van der Waals surface area contributed by atoms with Crippen molar-refractivity contribution >= 4 is 5.91 Å². The Kier molecular flexibility index (Phi) is 5.49. The molecule has 0 aromatic carbocycles. The van der Waals surface area contributed by atoms with E-state index in [2.05, 4.69) is 22.6 Å². The van der Waals surface area contributed by atoms with Gasteiger partial charge in [-0.1, -0.05) is 18.6 Å². The topological polar surface area (TPSA) is 85.8 Å². The van der Waals surface area contributed by atoms with Gasteiger partial charge >= 0.3 is 0 Å². The lowest BCUT2D eigenvalue weighted by atomic mass is 10.1. The summed E-state index contributed by atoms with van der Waals surface area (Å²) in [6.45, 7) is 3.11. The van der Waals surface area contributed by atoms with Crippen LogP contribution in [0.1, 0.15) is 26.2 Å². The maximum atomic E-state index is 11.6. The molecule has 16 heavy (non-hydrogen) atoms. The van der Waals surface area contributed by atoms with Gasteiger partial charge in [0.05, 0.1) is 12.7 Å². The van der Waals surface area contributed by atoms with Crippen LogP contribution in [0.3, 0.4) is 0 Å². The molecule has 1 amide bonds. The Morgan fingerprint density at radius 2 is 2.44 bits per heavy atom. The SMILES string of the molecule is CCCC(CN)NC(=O)CCn1ccnn1. The second-order valence-electron chi connectivity index (χ2n) is 3.70. The number of carbonyl (C=O) groups is 1. The summed E-state index contributed by atoms with van der Waals surface area (Å²) in [6.07, 6.45) is 5.68. The predicted octanol–water partition coefficient (Wildman–Crippen LogP) is -0.0882. The monoisotopic (exact) mass is 225 g/mol. The Labute approximate surface area is 95.2 Å². The summed E-state index contributed by atoms with van der Waals surface area (Å²) < 4.78 is 1.64. The van der Waals surface area contributed by atoms with Gasteiger partial charge in [-0.2, -0.15) is 0 Å². The molecule has 6 nitrogen and oxygen atoms in total. The molecule has 0 aliphatic heterocycles. The van der Waals surface area contributed by atoms with Crippen molar-refractivity contribution in [2.45, 2.75) is 38.8 Å². The highest BCUT2D eigenvalue weighted by atomic mass is 16.1. The van der Waals surface area contributed by atoms with Crippen molar-refractivity contribution in [3.63, 3.8) is 0 Å². The molecule has 0 spiro atoms. The number of nitrogens with zero attached hydrogens (tertiary/aromatic N) is 3. The van der Waals surface area contributed by atoms with Gasteiger partial charge in [-0.15, -0.1) is 5.10 Å². The number of nitrogens with one attached hydrogen (secondary N) is 1. The third-order valence-corrected chi connectivity index (χ3v) is 2.33. The molecular formula is C10H19N5O. The van der Waals surface area contributed by atoms with Crippen molar-refractivity contribution in [1.29, 1.82) is 0 Å². The number of aromatic nitrogens is 3. The average molecular weight is 225 g/mol. The van der Waals surface area contributed by atoms with E-state index in [0.717, 1.165) is 12.8 Å². The third-order valence-electron chi connectivity index (χ3n) is 2.33. The Balaban J connectivity index is 2.24. The van der Waals surface area contributed by atoms with Crippen LogP contribution >= 0.6 is 0 Å². The molecule has 0 saturated heterocycles. The van der Waals surface area contributed by atoms with Gasteiger partial charge in [-0.05, 0) is 6.42 Å². The molecule has 3 N–H and O–H groups in total. The van der Waals surface area contributed by atoms with Crippen LogP contribution in [0.25, 0.3) is 0 Å². The number of hydrogen-bond donors (Lipinski definition) is 2. The normalized spacial score (nSPS) is 12.4. The molecule has 0 aliphatic rings. The number of aryl methyl sites for hydroxylation is 1. The van der Waals surface area contributed by atoms with Crippen molar-refractivity contribution in [2.24, 2.45) is 5.73 Å². The molecule has 1 aromatic heterocycles. The van der Waals surface area contributed by atoms with E-state index in [9.17, 15) is 4.79 Å². The summed E-state index contributed by atoms with van der Waals surface area (Å²) in [5.41, 5.74) is 5.56. The summed E-state index contributed by atoms with van der Waals surface area (Å²) in [5.74, 6) is 0.0133. The largest absolute Gasteiger partial charge is 0.352 e. The summed E-state index contributed by atoms with van der Waals surface area (Å²) in [7, 11) is 0. The van der Waals surface area contributed by atoms with Crippen molar-refractivity contribution < 1.29 is 4.79 Å². The van der Waals surface area contributed by atoms with Crippen molar-refractivity contribution in [3.05, 3.63) is 12.4 Å². The highest BCUT2D eigenvalue weighted by molar-refractivity contribution is 5.76. The van der Waals surface area contributed by atoms with Crippen LogP contribution in [-0.2, 0) is 11.3 Å². The minimum absolute atomic E-state index is 0.0133. The first kappa shape index (κ1) is 12.6. The molecule has 0 aliphatic carbocycles. The van der Waals surface area contributed by atoms with Crippen LogP contribution in [0, 0.1) is 0 Å². The molecule has 0 bridgehead atoms. The van der Waals surface area contributed by atoms with Gasteiger partial charge in [-0.3, -0.25) is 9.48 Å². The first-order valence-electron chi connectivity index (χ1n) is 5.59. The van der Waals surface area contributed by atoms with Crippen molar-refractivity contribution in [2.75, 3.05) is 6.54 Å². The van der Waals surface area contributed by atoms with Gasteiger partial charge in [-0.25, -0.2) is 0 Å². The molecule has 6 heteroatoms. The second-order valence-corrected chi connectivity index (χ2v) is 3.70. The molecule has 1 rings (SSSR count). The molecule has 1 atom stereocenters. The summed E-state index contributed by atoms with van der Waals surface area (Å²) >= 11 is 0. The lowest BCUT2D eigenvalue weighted by Gasteiger charge is -2.15. The molecule has 1 aromatic rings. The molecule has 0 fully saturated rings. The van der Waals surface area contributed by atoms with E-state index in [1.165, 1.54) is 0 Å². The summed E-state index contributed by atoms with van der Waals surface area (Å²) in [4.78, 5) is 11.6. The zero-order chi connectivity index (χ0) is 11.8. The van der Waals surface area contributed by atoms with Crippen LogP contribution in [0.5, 0.6) is 0 Å². The Bertz CT molecular complexity index is 298. The van der Waals surface area contributed by atoms with E-state index in [-0.39, 0.29) is 11.9 Å². The fourth-order valence-corrected chi connectivity index (χ4v) is 1.47. The highest BCUT2D eigenvalue weighted by Gasteiger charge is 2.09. The van der Waals surface area contributed by atoms with Gasteiger partial charge in [0.15, 0.2) is 0 Å². The number of hydrogen-bond acceptors (Lipinski definition) is 4. The summed E-state index contributed by atoms with van der Waals surface area (Å²) in [5, 5.41) is 10.4. The smallest absolute Gasteiger partial charge is 0.222 e. The molecule has 1 unspecified atom stereocenters. The lowest BCUT2D eigenvalue weighted by molar-refractivity contribution is -0.122. The minimum Gasteiger partial charge on any atom is -0.352 e. The van der Waals surface area contributed by atoms with Crippen LogP contribution in [0.15, 0.2) is 12.4 Å². The number of rotatable bonds is 7. The molecular weight excluding hydrogens is 206 g/mol. The average Bonchev–Trinajstić information content (AvgIpc) is 2.78. The fourth-order valence-electron chi connectivity index (χ4n) is 1.47. The Morgan fingerprint density at radius 1 is 1.62 bits per heavy atom. The molecule has 90 valence electrons. The minimum atomic E-state index is 0.0133. The maximum absolute atomic E-state index is 11.6. The lowest BCUT2D eigenvalue weighted by Crippen LogP contribution is -2.40. The molecule has 0 saturated carbocycles. The number of nitrogens with two attached hydrogens (primary N) is 1. The van der Waals surface area contributed by atoms with Crippen molar-refractivity contribution in [3.8, 4) is 0 Å². The quantitative estimate of drug-likeness (QED) is 0.679. The summed E-state index contributed by atoms with van der Waals surface area (Å²) in [6, 6.07) is 0.0910. The van der Waals surface area contributed by atoms with E-state index >= 15 is 0 Å².